The molecule has 0 atom stereocenters. The topological polar surface area (TPSA) is 150 Å². The lowest BCUT2D eigenvalue weighted by Gasteiger charge is -2.03. The van der Waals surface area contributed by atoms with Gasteiger partial charge in [0.05, 0.1) is 0 Å². The molecule has 0 saturated heterocycles. The molecule has 9 nitrogen and oxygen atoms in total. The molecule has 2 aromatic heterocycles. The number of pyridine rings is 2. The Balaban J connectivity index is 0.000000222. The Bertz CT molecular complexity index is 583. The fourth-order valence-electron chi connectivity index (χ4n) is 1.23. The van der Waals surface area contributed by atoms with Crippen molar-refractivity contribution < 1.29 is 33.0 Å². The van der Waals surface area contributed by atoms with Gasteiger partial charge in [-0.2, -0.15) is 4.31 Å². The van der Waals surface area contributed by atoms with Crippen molar-refractivity contribution >= 4 is 15.6 Å². The van der Waals surface area contributed by atoms with Crippen LogP contribution in [0.3, 0.4) is 0 Å². The molecule has 4 N–H and O–H groups in total. The largest absolute Gasteiger partial charge is 0.478 e. The number of nitrogens with zero attached hydrogens (tertiary/aromatic N) is 2. The summed E-state index contributed by atoms with van der Waals surface area (Å²) in [6.07, 6.45) is 7.15. The molecule has 0 aliphatic heterocycles. The third-order valence-corrected chi connectivity index (χ3v) is 3.61. The first-order valence-corrected chi connectivity index (χ1v) is 8.36. The summed E-state index contributed by atoms with van der Waals surface area (Å²) in [6.45, 7) is 0. The van der Waals surface area contributed by atoms with E-state index in [0.29, 0.717) is 0 Å². The van der Waals surface area contributed by atoms with Crippen molar-refractivity contribution in [2.24, 2.45) is 0 Å². The summed E-state index contributed by atoms with van der Waals surface area (Å²) in [6, 6.07) is 7.93. The molecule has 2 rings (SSSR count). The van der Waals surface area contributed by atoms with Crippen LogP contribution < -0.4 is 0 Å². The van der Waals surface area contributed by atoms with Gasteiger partial charge in [-0.1, -0.05) is 0 Å². The minimum Gasteiger partial charge on any atom is -0.302 e. The van der Waals surface area contributed by atoms with E-state index in [4.69, 9.17) is 19.6 Å². The smallest absolute Gasteiger partial charge is 0.302 e. The average Bonchev–Trinajstić information content (AvgIpc) is 2.37. The van der Waals surface area contributed by atoms with Gasteiger partial charge in [0.15, 0.2) is 0 Å². The van der Waals surface area contributed by atoms with Gasteiger partial charge in [-0.3, -0.25) is 9.97 Å². The summed E-state index contributed by atoms with van der Waals surface area (Å²) in [4.78, 5) is 38.9. The third kappa shape index (κ3) is 8.44. The van der Waals surface area contributed by atoms with Crippen LogP contribution in [-0.4, -0.2) is 29.5 Å². The van der Waals surface area contributed by atoms with E-state index in [0.717, 1.165) is 0 Å². The number of phosphoric acid groups is 2. The van der Waals surface area contributed by atoms with Crippen LogP contribution in [0.25, 0.3) is 11.1 Å². The van der Waals surface area contributed by atoms with E-state index in [1.807, 2.05) is 24.3 Å². The monoisotopic (exact) mass is 334 g/mol. The lowest BCUT2D eigenvalue weighted by atomic mass is 10.1. The molecule has 11 heteroatoms. The Morgan fingerprint density at radius 2 is 1.00 bits per heavy atom. The second kappa shape index (κ2) is 7.53. The molecule has 0 bridgehead atoms. The first kappa shape index (κ1) is 17.6. The molecule has 0 aliphatic rings. The summed E-state index contributed by atoms with van der Waals surface area (Å²) >= 11 is 0. The minimum atomic E-state index is -5.05. The fourth-order valence-corrected chi connectivity index (χ4v) is 2.34. The summed E-state index contributed by atoms with van der Waals surface area (Å²) in [5.74, 6) is 0. The Kier molecular flexibility index (Phi) is 6.32. The first-order chi connectivity index (χ1) is 9.67. The Labute approximate surface area is 119 Å². The molecular weight excluding hydrogens is 322 g/mol. The molecule has 0 unspecified atom stereocenters. The van der Waals surface area contributed by atoms with E-state index < -0.39 is 15.6 Å². The van der Waals surface area contributed by atoms with E-state index in [9.17, 15) is 9.13 Å². The first-order valence-electron chi connectivity index (χ1n) is 5.30. The van der Waals surface area contributed by atoms with Gasteiger partial charge in [0.25, 0.3) is 0 Å². The zero-order valence-corrected chi connectivity index (χ0v) is 12.2. The highest BCUT2D eigenvalue weighted by atomic mass is 31.3. The van der Waals surface area contributed by atoms with Crippen molar-refractivity contribution in [3.63, 3.8) is 0 Å². The van der Waals surface area contributed by atoms with Crippen molar-refractivity contribution in [1.82, 2.24) is 9.97 Å². The highest BCUT2D eigenvalue weighted by Crippen LogP contribution is 2.53. The number of hydrogen-bond donors (Lipinski definition) is 4. The van der Waals surface area contributed by atoms with Crippen molar-refractivity contribution in [2.75, 3.05) is 0 Å². The quantitative estimate of drug-likeness (QED) is 0.609. The van der Waals surface area contributed by atoms with Gasteiger partial charge in [0.2, 0.25) is 0 Å². The van der Waals surface area contributed by atoms with Crippen LogP contribution in [0.5, 0.6) is 0 Å². The van der Waals surface area contributed by atoms with Crippen LogP contribution in [0.4, 0.5) is 0 Å². The molecule has 0 aromatic carbocycles. The van der Waals surface area contributed by atoms with E-state index in [1.165, 1.54) is 11.1 Å². The van der Waals surface area contributed by atoms with Gasteiger partial charge in [0, 0.05) is 24.8 Å². The Morgan fingerprint density at radius 3 is 1.19 bits per heavy atom. The standard InChI is InChI=1S/C10H8N2.H4O7P2/c1-5-11-6-2-9(1)10-3-7-12-8-4-10;1-8(2,3)7-9(4,5)6/h1-8H;(H2,1,2,3)(H2,4,5,6). The summed E-state index contributed by atoms with van der Waals surface area (Å²) in [5, 5.41) is 0. The summed E-state index contributed by atoms with van der Waals surface area (Å²) in [7, 11) is -10.1. The van der Waals surface area contributed by atoms with Crippen molar-refractivity contribution in [1.29, 1.82) is 0 Å². The molecule has 0 amide bonds. The maximum absolute atomic E-state index is 9.63. The van der Waals surface area contributed by atoms with E-state index in [2.05, 4.69) is 14.3 Å². The van der Waals surface area contributed by atoms with Crippen LogP contribution in [-0.2, 0) is 13.4 Å². The highest BCUT2D eigenvalue weighted by Gasteiger charge is 2.27. The fraction of sp³-hybridized carbons (Fsp3) is 0. The lowest BCUT2D eigenvalue weighted by molar-refractivity contribution is 0.225. The number of hydrogen-bond acceptors (Lipinski definition) is 5. The SMILES string of the molecule is O=P(O)(O)OP(=O)(O)O.c1cc(-c2ccncc2)ccn1. The summed E-state index contributed by atoms with van der Waals surface area (Å²) < 4.78 is 22.2. The third-order valence-electron chi connectivity index (χ3n) is 1.91. The normalized spacial score (nSPS) is 11.4. The van der Waals surface area contributed by atoms with E-state index >= 15 is 0 Å². The minimum absolute atomic E-state index is 1.17. The maximum Gasteiger partial charge on any atom is 0.478 e. The number of aromatic nitrogens is 2. The van der Waals surface area contributed by atoms with E-state index in [1.54, 1.807) is 24.8 Å². The van der Waals surface area contributed by atoms with Crippen molar-refractivity contribution in [3.05, 3.63) is 49.1 Å². The summed E-state index contributed by atoms with van der Waals surface area (Å²) in [5.41, 5.74) is 2.35. The van der Waals surface area contributed by atoms with Crippen LogP contribution in [0, 0.1) is 0 Å². The Hall–Kier alpha value is -1.44. The van der Waals surface area contributed by atoms with Gasteiger partial charge in [-0.25, -0.2) is 9.13 Å². The van der Waals surface area contributed by atoms with Gasteiger partial charge >= 0.3 is 15.6 Å². The predicted octanol–water partition coefficient (Wildman–Crippen LogP) is 1.33. The zero-order valence-electron chi connectivity index (χ0n) is 10.4. The average molecular weight is 334 g/mol. The molecule has 2 aromatic rings. The number of rotatable bonds is 3. The van der Waals surface area contributed by atoms with Crippen LogP contribution >= 0.6 is 15.6 Å². The Morgan fingerprint density at radius 1 is 0.714 bits per heavy atom. The molecule has 0 radical (unpaired) electrons. The van der Waals surface area contributed by atoms with Crippen LogP contribution in [0.2, 0.25) is 0 Å². The molecule has 114 valence electrons. The molecule has 0 spiro atoms. The van der Waals surface area contributed by atoms with Crippen molar-refractivity contribution in [2.45, 2.75) is 0 Å². The maximum atomic E-state index is 9.63. The molecule has 2 heterocycles. The lowest BCUT2D eigenvalue weighted by Crippen LogP contribution is -1.84. The van der Waals surface area contributed by atoms with Gasteiger partial charge in [-0.05, 0) is 35.4 Å². The van der Waals surface area contributed by atoms with Crippen molar-refractivity contribution in [3.8, 4) is 11.1 Å². The highest BCUT2D eigenvalue weighted by molar-refractivity contribution is 7.60. The zero-order chi connectivity index (χ0) is 15.9. The molecule has 0 aliphatic carbocycles. The predicted molar refractivity (Wildman–Crippen MR) is 72.6 cm³/mol. The van der Waals surface area contributed by atoms with Crippen LogP contribution in [0.1, 0.15) is 0 Å². The molecular formula is C10H12N2O7P2. The van der Waals surface area contributed by atoms with Gasteiger partial charge in [-0.15, -0.1) is 0 Å². The second-order valence-corrected chi connectivity index (χ2v) is 6.15. The second-order valence-electron chi connectivity index (χ2n) is 3.53. The molecule has 0 saturated carbocycles. The molecule has 0 fully saturated rings. The van der Waals surface area contributed by atoms with E-state index in [-0.39, 0.29) is 0 Å². The molecule has 21 heavy (non-hydrogen) atoms. The van der Waals surface area contributed by atoms with Gasteiger partial charge in [0.1, 0.15) is 0 Å². The van der Waals surface area contributed by atoms with Gasteiger partial charge < -0.3 is 19.6 Å². The van der Waals surface area contributed by atoms with Crippen LogP contribution in [0.15, 0.2) is 49.1 Å².